The number of aliphatic carboxylic acids is 1. The van der Waals surface area contributed by atoms with Crippen LogP contribution in [0.2, 0.25) is 0 Å². The molecule has 0 aliphatic rings. The molecule has 0 aromatic carbocycles. The van der Waals surface area contributed by atoms with E-state index in [4.69, 9.17) is 5.11 Å². The Morgan fingerprint density at radius 2 is 1.68 bits per heavy atom. The van der Waals surface area contributed by atoms with Gasteiger partial charge in [0.05, 0.1) is 26.1 Å². The highest BCUT2D eigenvalue weighted by atomic mass is 16.4. The quantitative estimate of drug-likeness (QED) is 0.293. The van der Waals surface area contributed by atoms with Crippen LogP contribution in [-0.4, -0.2) is 52.9 Å². The van der Waals surface area contributed by atoms with Crippen LogP contribution in [0, 0.1) is 0 Å². The van der Waals surface area contributed by atoms with Crippen molar-refractivity contribution in [3.05, 3.63) is 12.2 Å². The van der Waals surface area contributed by atoms with Gasteiger partial charge in [0.1, 0.15) is 12.6 Å². The van der Waals surface area contributed by atoms with Crippen molar-refractivity contribution in [1.82, 2.24) is 0 Å². The minimum Gasteiger partial charge on any atom is -0.481 e. The van der Waals surface area contributed by atoms with E-state index in [0.29, 0.717) is 13.0 Å². The molecular weight excluding hydrogens is 278 g/mol. The molecule has 130 valence electrons. The molecule has 22 heavy (non-hydrogen) atoms. The molecule has 0 spiro atoms. The van der Waals surface area contributed by atoms with E-state index in [9.17, 15) is 9.90 Å². The van der Waals surface area contributed by atoms with Gasteiger partial charge in [0.15, 0.2) is 0 Å². The number of rotatable bonds is 14. The number of hydrogen-bond donors (Lipinski definition) is 2. The number of aliphatic hydroxyl groups excluding tert-OH is 1. The lowest BCUT2D eigenvalue weighted by atomic mass is 10.1. The number of allylic oxidation sites excluding steroid dienone is 1. The standard InChI is InChI=1S/C18H35NO3/c1-4-7-8-9-11-17(20)16-19(13-5-2,14-6-3)15-10-12-18(21)22/h9,11,17,20H,4-8,10,12-16H2,1-3H3/p+1/b11-9+. The molecular formula is C18H36NO3+. The van der Waals surface area contributed by atoms with Crippen molar-refractivity contribution in [2.24, 2.45) is 0 Å². The van der Waals surface area contributed by atoms with E-state index < -0.39 is 12.1 Å². The molecule has 4 nitrogen and oxygen atoms in total. The molecule has 0 heterocycles. The van der Waals surface area contributed by atoms with Crippen LogP contribution in [0.1, 0.15) is 65.7 Å². The predicted molar refractivity (Wildman–Crippen MR) is 91.9 cm³/mol. The fourth-order valence-electron chi connectivity index (χ4n) is 3.16. The maximum Gasteiger partial charge on any atom is 0.303 e. The van der Waals surface area contributed by atoms with Gasteiger partial charge < -0.3 is 14.7 Å². The average molecular weight is 314 g/mol. The third-order valence-electron chi connectivity index (χ3n) is 4.08. The Hall–Kier alpha value is -0.870. The molecule has 0 aliphatic heterocycles. The number of hydrogen-bond acceptors (Lipinski definition) is 2. The monoisotopic (exact) mass is 314 g/mol. The summed E-state index contributed by atoms with van der Waals surface area (Å²) in [6.45, 7) is 10.0. The minimum atomic E-state index is -0.730. The maximum atomic E-state index is 10.8. The summed E-state index contributed by atoms with van der Waals surface area (Å²) < 4.78 is 0.833. The van der Waals surface area contributed by atoms with Crippen LogP contribution in [0.4, 0.5) is 0 Å². The van der Waals surface area contributed by atoms with Gasteiger partial charge in [-0.3, -0.25) is 4.79 Å². The van der Waals surface area contributed by atoms with Crippen LogP contribution in [0.3, 0.4) is 0 Å². The van der Waals surface area contributed by atoms with Crippen molar-refractivity contribution in [3.8, 4) is 0 Å². The fraction of sp³-hybridized carbons (Fsp3) is 0.833. The minimum absolute atomic E-state index is 0.218. The SMILES string of the molecule is CCCC/C=C/C(O)C[N+](CCC)(CCC)CCCC(=O)O. The largest absolute Gasteiger partial charge is 0.481 e. The molecule has 0 aliphatic carbocycles. The zero-order valence-electron chi connectivity index (χ0n) is 14.8. The van der Waals surface area contributed by atoms with Crippen LogP contribution in [0.15, 0.2) is 12.2 Å². The zero-order chi connectivity index (χ0) is 16.8. The van der Waals surface area contributed by atoms with Gasteiger partial charge in [-0.25, -0.2) is 0 Å². The number of carboxylic acid groups (broad SMARTS) is 1. The van der Waals surface area contributed by atoms with E-state index in [-0.39, 0.29) is 6.42 Å². The Kier molecular flexibility index (Phi) is 12.2. The van der Waals surface area contributed by atoms with Gasteiger partial charge in [-0.05, 0) is 19.3 Å². The predicted octanol–water partition coefficient (Wildman–Crippen LogP) is 3.60. The second kappa shape index (κ2) is 12.7. The molecule has 0 aromatic rings. The molecule has 4 heteroatoms. The molecule has 0 aromatic heterocycles. The van der Waals surface area contributed by atoms with Crippen LogP contribution in [-0.2, 0) is 4.79 Å². The van der Waals surface area contributed by atoms with Gasteiger partial charge in [0, 0.05) is 6.42 Å². The number of quaternary nitrogens is 1. The third-order valence-corrected chi connectivity index (χ3v) is 4.08. The highest BCUT2D eigenvalue weighted by Crippen LogP contribution is 2.15. The van der Waals surface area contributed by atoms with Gasteiger partial charge in [-0.2, -0.15) is 0 Å². The third kappa shape index (κ3) is 9.96. The first-order valence-electron chi connectivity index (χ1n) is 8.91. The molecule has 1 unspecified atom stereocenters. The summed E-state index contributed by atoms with van der Waals surface area (Å²) in [4.78, 5) is 10.8. The Bertz CT molecular complexity index is 309. The van der Waals surface area contributed by atoms with Crippen molar-refractivity contribution < 1.29 is 19.5 Å². The number of carboxylic acids is 1. The maximum absolute atomic E-state index is 10.8. The molecule has 0 radical (unpaired) electrons. The summed E-state index contributed by atoms with van der Waals surface area (Å²) >= 11 is 0. The molecule has 0 rings (SSSR count). The van der Waals surface area contributed by atoms with Gasteiger partial charge in [0.25, 0.3) is 0 Å². The van der Waals surface area contributed by atoms with Crippen LogP contribution in [0.5, 0.6) is 0 Å². The van der Waals surface area contributed by atoms with Crippen molar-refractivity contribution in [3.63, 3.8) is 0 Å². The number of aliphatic hydroxyl groups is 1. The van der Waals surface area contributed by atoms with Gasteiger partial charge in [-0.1, -0.05) is 45.8 Å². The molecule has 0 bridgehead atoms. The molecule has 0 fully saturated rings. The van der Waals surface area contributed by atoms with Gasteiger partial charge in [-0.15, -0.1) is 0 Å². The van der Waals surface area contributed by atoms with E-state index in [1.54, 1.807) is 0 Å². The van der Waals surface area contributed by atoms with Gasteiger partial charge >= 0.3 is 5.97 Å². The lowest BCUT2D eigenvalue weighted by molar-refractivity contribution is -0.930. The summed E-state index contributed by atoms with van der Waals surface area (Å²) in [5.41, 5.74) is 0. The number of carbonyl (C=O) groups is 1. The van der Waals surface area contributed by atoms with E-state index in [2.05, 4.69) is 26.8 Å². The zero-order valence-corrected chi connectivity index (χ0v) is 14.8. The second-order valence-electron chi connectivity index (χ2n) is 6.33. The molecule has 0 amide bonds. The molecule has 1 atom stereocenters. The highest BCUT2D eigenvalue weighted by Gasteiger charge is 2.27. The van der Waals surface area contributed by atoms with Crippen LogP contribution in [0.25, 0.3) is 0 Å². The Morgan fingerprint density at radius 3 is 2.18 bits per heavy atom. The summed E-state index contributed by atoms with van der Waals surface area (Å²) in [7, 11) is 0. The average Bonchev–Trinajstić information content (AvgIpc) is 2.44. The molecule has 2 N–H and O–H groups in total. The summed E-state index contributed by atoms with van der Waals surface area (Å²) in [6.07, 6.45) is 9.93. The normalized spacial score (nSPS) is 13.6. The van der Waals surface area contributed by atoms with Crippen molar-refractivity contribution in [1.29, 1.82) is 0 Å². The van der Waals surface area contributed by atoms with Crippen molar-refractivity contribution in [2.45, 2.75) is 71.8 Å². The first-order valence-corrected chi connectivity index (χ1v) is 8.91. The van der Waals surface area contributed by atoms with Crippen LogP contribution < -0.4 is 0 Å². The lowest BCUT2D eigenvalue weighted by Gasteiger charge is -2.39. The topological polar surface area (TPSA) is 57.5 Å². The summed E-state index contributed by atoms with van der Waals surface area (Å²) in [5.74, 6) is -0.730. The first-order chi connectivity index (χ1) is 10.5. The van der Waals surface area contributed by atoms with Crippen LogP contribution >= 0.6 is 0 Å². The number of unbranched alkanes of at least 4 members (excludes halogenated alkanes) is 2. The first kappa shape index (κ1) is 21.1. The lowest BCUT2D eigenvalue weighted by Crippen LogP contribution is -2.53. The molecule has 0 saturated carbocycles. The fourth-order valence-corrected chi connectivity index (χ4v) is 3.16. The summed E-state index contributed by atoms with van der Waals surface area (Å²) in [6, 6.07) is 0. The van der Waals surface area contributed by atoms with Gasteiger partial charge in [0.2, 0.25) is 0 Å². The smallest absolute Gasteiger partial charge is 0.303 e. The van der Waals surface area contributed by atoms with E-state index in [0.717, 1.165) is 49.8 Å². The van der Waals surface area contributed by atoms with Crippen molar-refractivity contribution in [2.75, 3.05) is 26.2 Å². The number of nitrogens with zero attached hydrogens (tertiary/aromatic N) is 1. The Balaban J connectivity index is 4.65. The molecule has 0 saturated heterocycles. The van der Waals surface area contributed by atoms with E-state index >= 15 is 0 Å². The van der Waals surface area contributed by atoms with E-state index in [1.807, 2.05) is 6.08 Å². The second-order valence-corrected chi connectivity index (χ2v) is 6.33. The summed E-state index contributed by atoms with van der Waals surface area (Å²) in [5, 5.41) is 19.2. The van der Waals surface area contributed by atoms with E-state index in [1.165, 1.54) is 6.42 Å². The highest BCUT2D eigenvalue weighted by molar-refractivity contribution is 5.66. The van der Waals surface area contributed by atoms with Crippen molar-refractivity contribution >= 4 is 5.97 Å². The Morgan fingerprint density at radius 1 is 1.05 bits per heavy atom. The Labute approximate surface area is 136 Å².